The Labute approximate surface area is 95.1 Å². The molecule has 0 heterocycles. The van der Waals surface area contributed by atoms with Crippen LogP contribution in [-0.4, -0.2) is 34.7 Å². The minimum atomic E-state index is -0.768. The summed E-state index contributed by atoms with van der Waals surface area (Å²) in [5, 5.41) is 18.1. The molecule has 1 aromatic rings. The number of aromatic hydroxyl groups is 1. The van der Waals surface area contributed by atoms with Crippen LogP contribution in [0.1, 0.15) is 18.4 Å². The maximum atomic E-state index is 10.3. The number of benzene rings is 1. The van der Waals surface area contributed by atoms with Crippen molar-refractivity contribution in [3.05, 3.63) is 29.8 Å². The SMILES string of the molecule is CN(CCCC(=O)O)Cc1ccccc1O. The van der Waals surface area contributed by atoms with Gasteiger partial charge in [0, 0.05) is 18.5 Å². The summed E-state index contributed by atoms with van der Waals surface area (Å²) in [6, 6.07) is 7.17. The van der Waals surface area contributed by atoms with Gasteiger partial charge in [0.1, 0.15) is 5.75 Å². The molecule has 1 rings (SSSR count). The van der Waals surface area contributed by atoms with Gasteiger partial charge in [-0.1, -0.05) is 18.2 Å². The van der Waals surface area contributed by atoms with E-state index >= 15 is 0 Å². The molecule has 0 aliphatic rings. The van der Waals surface area contributed by atoms with Gasteiger partial charge in [-0.2, -0.15) is 0 Å². The Hall–Kier alpha value is -1.55. The molecule has 88 valence electrons. The van der Waals surface area contributed by atoms with Crippen molar-refractivity contribution in [2.24, 2.45) is 0 Å². The zero-order valence-electron chi connectivity index (χ0n) is 9.39. The van der Waals surface area contributed by atoms with E-state index in [1.54, 1.807) is 12.1 Å². The molecule has 0 aliphatic carbocycles. The Morgan fingerprint density at radius 3 is 2.69 bits per heavy atom. The Bertz CT molecular complexity index is 352. The van der Waals surface area contributed by atoms with Crippen LogP contribution in [0.4, 0.5) is 0 Å². The van der Waals surface area contributed by atoms with Crippen molar-refractivity contribution in [3.63, 3.8) is 0 Å². The second kappa shape index (κ2) is 6.12. The number of aliphatic carboxylic acids is 1. The second-order valence-corrected chi connectivity index (χ2v) is 3.86. The lowest BCUT2D eigenvalue weighted by Gasteiger charge is -2.16. The number of carbonyl (C=O) groups is 1. The van der Waals surface area contributed by atoms with E-state index in [1.807, 2.05) is 24.1 Å². The predicted molar refractivity (Wildman–Crippen MR) is 61.3 cm³/mol. The van der Waals surface area contributed by atoms with Crippen LogP contribution >= 0.6 is 0 Å². The van der Waals surface area contributed by atoms with Crippen molar-refractivity contribution in [1.82, 2.24) is 4.90 Å². The third-order valence-electron chi connectivity index (χ3n) is 2.36. The summed E-state index contributed by atoms with van der Waals surface area (Å²) in [6.45, 7) is 1.34. The molecule has 2 N–H and O–H groups in total. The molecule has 0 radical (unpaired) electrons. The number of rotatable bonds is 6. The van der Waals surface area contributed by atoms with Crippen molar-refractivity contribution < 1.29 is 15.0 Å². The van der Waals surface area contributed by atoms with E-state index in [0.29, 0.717) is 19.5 Å². The van der Waals surface area contributed by atoms with Gasteiger partial charge in [0.05, 0.1) is 0 Å². The van der Waals surface area contributed by atoms with Crippen molar-refractivity contribution in [1.29, 1.82) is 0 Å². The van der Waals surface area contributed by atoms with Gasteiger partial charge in [-0.25, -0.2) is 0 Å². The summed E-state index contributed by atoms with van der Waals surface area (Å²) >= 11 is 0. The van der Waals surface area contributed by atoms with Crippen molar-refractivity contribution in [2.75, 3.05) is 13.6 Å². The fourth-order valence-corrected chi connectivity index (χ4v) is 1.51. The molecule has 0 spiro atoms. The first kappa shape index (κ1) is 12.5. The molecule has 0 unspecified atom stereocenters. The van der Waals surface area contributed by atoms with Gasteiger partial charge in [-0.05, 0) is 26.1 Å². The van der Waals surface area contributed by atoms with Crippen LogP contribution in [0.2, 0.25) is 0 Å². The van der Waals surface area contributed by atoms with Crippen LogP contribution in [0.25, 0.3) is 0 Å². The minimum Gasteiger partial charge on any atom is -0.508 e. The first-order valence-corrected chi connectivity index (χ1v) is 5.27. The molecule has 0 atom stereocenters. The molecule has 0 amide bonds. The average Bonchev–Trinajstić information content (AvgIpc) is 2.21. The number of para-hydroxylation sites is 1. The molecule has 1 aromatic carbocycles. The smallest absolute Gasteiger partial charge is 0.303 e. The van der Waals surface area contributed by atoms with Gasteiger partial charge < -0.3 is 15.1 Å². The van der Waals surface area contributed by atoms with E-state index in [4.69, 9.17) is 5.11 Å². The number of phenols is 1. The molecule has 0 fully saturated rings. The normalized spacial score (nSPS) is 10.6. The Morgan fingerprint density at radius 2 is 2.06 bits per heavy atom. The van der Waals surface area contributed by atoms with Gasteiger partial charge in [0.25, 0.3) is 0 Å². The summed E-state index contributed by atoms with van der Waals surface area (Å²) < 4.78 is 0. The van der Waals surface area contributed by atoms with E-state index < -0.39 is 5.97 Å². The van der Waals surface area contributed by atoms with Crippen molar-refractivity contribution >= 4 is 5.97 Å². The first-order valence-electron chi connectivity index (χ1n) is 5.27. The molecule has 16 heavy (non-hydrogen) atoms. The average molecular weight is 223 g/mol. The summed E-state index contributed by atoms with van der Waals surface area (Å²) in [6.07, 6.45) is 0.810. The monoisotopic (exact) mass is 223 g/mol. The predicted octanol–water partition coefficient (Wildman–Crippen LogP) is 1.69. The van der Waals surface area contributed by atoms with Crippen LogP contribution in [0.15, 0.2) is 24.3 Å². The third-order valence-corrected chi connectivity index (χ3v) is 2.36. The highest BCUT2D eigenvalue weighted by Crippen LogP contribution is 2.17. The van der Waals surface area contributed by atoms with E-state index in [1.165, 1.54) is 0 Å². The Morgan fingerprint density at radius 1 is 1.38 bits per heavy atom. The van der Waals surface area contributed by atoms with Crippen LogP contribution in [-0.2, 0) is 11.3 Å². The molecular weight excluding hydrogens is 206 g/mol. The fourth-order valence-electron chi connectivity index (χ4n) is 1.51. The molecule has 4 nitrogen and oxygen atoms in total. The van der Waals surface area contributed by atoms with E-state index in [0.717, 1.165) is 5.56 Å². The number of nitrogens with zero attached hydrogens (tertiary/aromatic N) is 1. The van der Waals surface area contributed by atoms with Crippen LogP contribution in [0.3, 0.4) is 0 Å². The topological polar surface area (TPSA) is 60.8 Å². The lowest BCUT2D eigenvalue weighted by molar-refractivity contribution is -0.137. The molecule has 4 heteroatoms. The lowest BCUT2D eigenvalue weighted by Crippen LogP contribution is -2.19. The van der Waals surface area contributed by atoms with Crippen molar-refractivity contribution in [2.45, 2.75) is 19.4 Å². The number of phenolic OH excluding ortho intramolecular Hbond substituents is 1. The molecular formula is C12H17NO3. The summed E-state index contributed by atoms with van der Waals surface area (Å²) in [5.74, 6) is -0.483. The molecule has 0 aromatic heterocycles. The first-order chi connectivity index (χ1) is 7.59. The number of hydrogen-bond acceptors (Lipinski definition) is 3. The standard InChI is InChI=1S/C12H17NO3/c1-13(8-4-7-12(15)16)9-10-5-2-3-6-11(10)14/h2-3,5-6,14H,4,7-9H2,1H3,(H,15,16). The maximum absolute atomic E-state index is 10.3. The molecule has 0 aliphatic heterocycles. The van der Waals surface area contributed by atoms with Gasteiger partial charge in [-0.15, -0.1) is 0 Å². The van der Waals surface area contributed by atoms with E-state index in [-0.39, 0.29) is 12.2 Å². The van der Waals surface area contributed by atoms with Gasteiger partial charge in [-0.3, -0.25) is 4.79 Å². The zero-order valence-corrected chi connectivity index (χ0v) is 9.39. The Kier molecular flexibility index (Phi) is 4.79. The van der Waals surface area contributed by atoms with Crippen molar-refractivity contribution in [3.8, 4) is 5.75 Å². The molecule has 0 bridgehead atoms. The largest absolute Gasteiger partial charge is 0.508 e. The summed E-state index contributed by atoms with van der Waals surface area (Å²) in [7, 11) is 1.91. The van der Waals surface area contributed by atoms with Gasteiger partial charge >= 0.3 is 5.97 Å². The third kappa shape index (κ3) is 4.31. The minimum absolute atomic E-state index is 0.186. The lowest BCUT2D eigenvalue weighted by atomic mass is 10.2. The van der Waals surface area contributed by atoms with E-state index in [2.05, 4.69) is 0 Å². The second-order valence-electron chi connectivity index (χ2n) is 3.86. The van der Waals surface area contributed by atoms with Crippen LogP contribution in [0.5, 0.6) is 5.75 Å². The zero-order chi connectivity index (χ0) is 12.0. The fraction of sp³-hybridized carbons (Fsp3) is 0.417. The van der Waals surface area contributed by atoms with E-state index in [9.17, 15) is 9.90 Å². The summed E-state index contributed by atoms with van der Waals surface area (Å²) in [4.78, 5) is 12.3. The maximum Gasteiger partial charge on any atom is 0.303 e. The number of hydrogen-bond donors (Lipinski definition) is 2. The van der Waals surface area contributed by atoms with Gasteiger partial charge in [0.2, 0.25) is 0 Å². The Balaban J connectivity index is 2.37. The highest BCUT2D eigenvalue weighted by Gasteiger charge is 2.05. The quantitative estimate of drug-likeness (QED) is 0.770. The summed E-state index contributed by atoms with van der Waals surface area (Å²) in [5.41, 5.74) is 0.861. The van der Waals surface area contributed by atoms with Crippen LogP contribution < -0.4 is 0 Å². The van der Waals surface area contributed by atoms with Gasteiger partial charge in [0.15, 0.2) is 0 Å². The molecule has 0 saturated carbocycles. The number of carboxylic acids is 1. The number of carboxylic acid groups (broad SMARTS) is 1. The highest BCUT2D eigenvalue weighted by atomic mass is 16.4. The van der Waals surface area contributed by atoms with Crippen LogP contribution in [0, 0.1) is 0 Å². The highest BCUT2D eigenvalue weighted by molar-refractivity contribution is 5.66. The molecule has 0 saturated heterocycles.